The van der Waals surface area contributed by atoms with Gasteiger partial charge in [0.05, 0.1) is 11.9 Å². The van der Waals surface area contributed by atoms with Crippen molar-refractivity contribution in [1.82, 2.24) is 20.1 Å². The van der Waals surface area contributed by atoms with E-state index in [1.807, 2.05) is 20.0 Å². The monoisotopic (exact) mass is 273 g/mol. The van der Waals surface area contributed by atoms with Crippen LogP contribution in [0.2, 0.25) is 0 Å². The normalized spacial score (nSPS) is 19.3. The molecule has 20 heavy (non-hydrogen) atoms. The summed E-state index contributed by atoms with van der Waals surface area (Å²) in [7, 11) is 0. The van der Waals surface area contributed by atoms with Crippen molar-refractivity contribution >= 4 is 5.82 Å². The van der Waals surface area contributed by atoms with Crippen LogP contribution in [0.15, 0.2) is 16.9 Å². The molecule has 3 rings (SSSR count). The molecule has 1 aliphatic rings. The minimum atomic E-state index is 0.545. The van der Waals surface area contributed by atoms with E-state index >= 15 is 0 Å². The van der Waals surface area contributed by atoms with Gasteiger partial charge in [0.1, 0.15) is 5.82 Å². The topological polar surface area (TPSA) is 67.9 Å². The molecular formula is C14H19N5O. The van der Waals surface area contributed by atoms with Gasteiger partial charge in [-0.05, 0) is 25.7 Å². The number of rotatable bonds is 3. The van der Waals surface area contributed by atoms with Crippen LogP contribution in [0, 0.1) is 19.8 Å². The zero-order valence-electron chi connectivity index (χ0n) is 11.9. The molecule has 2 aromatic heterocycles. The molecule has 0 amide bonds. The number of aryl methyl sites for hydroxylation is 2. The summed E-state index contributed by atoms with van der Waals surface area (Å²) >= 11 is 0. The highest BCUT2D eigenvalue weighted by molar-refractivity contribution is 5.36. The van der Waals surface area contributed by atoms with Gasteiger partial charge in [-0.3, -0.25) is 4.98 Å². The largest absolute Gasteiger partial charge is 0.355 e. The first-order valence-electron chi connectivity index (χ1n) is 7.03. The molecule has 0 saturated carbocycles. The quantitative estimate of drug-likeness (QED) is 0.851. The molecule has 1 fully saturated rings. The molecule has 6 heteroatoms. The van der Waals surface area contributed by atoms with E-state index in [1.54, 1.807) is 6.20 Å². The number of nitrogens with zero attached hydrogens (tertiary/aromatic N) is 5. The molecule has 0 aromatic carbocycles. The Bertz CT molecular complexity index is 582. The SMILES string of the molecule is Cc1cncc(N2CCCC(Cc3noc(C)n3)C2)n1. The van der Waals surface area contributed by atoms with Crippen LogP contribution in [0.5, 0.6) is 0 Å². The first-order valence-corrected chi connectivity index (χ1v) is 7.03. The third-order valence-electron chi connectivity index (χ3n) is 3.63. The molecule has 1 unspecified atom stereocenters. The van der Waals surface area contributed by atoms with Crippen molar-refractivity contribution in [3.05, 3.63) is 29.8 Å². The molecule has 1 atom stereocenters. The van der Waals surface area contributed by atoms with Gasteiger partial charge < -0.3 is 9.42 Å². The van der Waals surface area contributed by atoms with Gasteiger partial charge in [0.2, 0.25) is 5.89 Å². The molecular weight excluding hydrogens is 254 g/mol. The van der Waals surface area contributed by atoms with Gasteiger partial charge in [0.25, 0.3) is 0 Å². The summed E-state index contributed by atoms with van der Waals surface area (Å²) in [5, 5.41) is 3.99. The highest BCUT2D eigenvalue weighted by atomic mass is 16.5. The first kappa shape index (κ1) is 13.0. The maximum Gasteiger partial charge on any atom is 0.223 e. The summed E-state index contributed by atoms with van der Waals surface area (Å²) in [4.78, 5) is 15.4. The third-order valence-corrected chi connectivity index (χ3v) is 3.63. The van der Waals surface area contributed by atoms with E-state index in [-0.39, 0.29) is 0 Å². The van der Waals surface area contributed by atoms with Crippen LogP contribution in [0.1, 0.15) is 30.3 Å². The standard InChI is InChI=1S/C14H19N5O/c1-10-7-15-8-14(16-10)19-5-3-4-12(9-19)6-13-17-11(2)20-18-13/h7-8,12H,3-6,9H2,1-2H3. The average Bonchev–Trinajstić information content (AvgIpc) is 2.84. The second-order valence-corrected chi connectivity index (χ2v) is 5.41. The number of hydrogen-bond acceptors (Lipinski definition) is 6. The Morgan fingerprint density at radius 2 is 2.20 bits per heavy atom. The van der Waals surface area contributed by atoms with Crippen molar-refractivity contribution in [2.75, 3.05) is 18.0 Å². The van der Waals surface area contributed by atoms with Crippen LogP contribution >= 0.6 is 0 Å². The van der Waals surface area contributed by atoms with Gasteiger partial charge in [0.15, 0.2) is 5.82 Å². The van der Waals surface area contributed by atoms with Crippen molar-refractivity contribution in [3.63, 3.8) is 0 Å². The second kappa shape index (κ2) is 5.56. The number of aromatic nitrogens is 4. The lowest BCUT2D eigenvalue weighted by Crippen LogP contribution is -2.37. The van der Waals surface area contributed by atoms with E-state index in [1.165, 1.54) is 6.42 Å². The molecule has 106 valence electrons. The average molecular weight is 273 g/mol. The van der Waals surface area contributed by atoms with Crippen LogP contribution in [0.25, 0.3) is 0 Å². The molecule has 0 bridgehead atoms. The van der Waals surface area contributed by atoms with Crippen molar-refractivity contribution in [2.45, 2.75) is 33.1 Å². The van der Waals surface area contributed by atoms with Gasteiger partial charge in [-0.2, -0.15) is 4.98 Å². The predicted octanol–water partition coefficient (Wildman–Crippen LogP) is 1.94. The molecule has 0 aliphatic carbocycles. The third kappa shape index (κ3) is 2.95. The highest BCUT2D eigenvalue weighted by Gasteiger charge is 2.23. The van der Waals surface area contributed by atoms with Crippen LogP contribution in [-0.2, 0) is 6.42 Å². The second-order valence-electron chi connectivity index (χ2n) is 5.41. The van der Waals surface area contributed by atoms with Crippen LogP contribution < -0.4 is 4.90 Å². The minimum absolute atomic E-state index is 0.545. The van der Waals surface area contributed by atoms with E-state index in [2.05, 4.69) is 25.0 Å². The molecule has 1 saturated heterocycles. The smallest absolute Gasteiger partial charge is 0.223 e. The van der Waals surface area contributed by atoms with Gasteiger partial charge in [-0.15, -0.1) is 0 Å². The van der Waals surface area contributed by atoms with E-state index in [0.717, 1.165) is 43.3 Å². The van der Waals surface area contributed by atoms with Crippen LogP contribution in [0.4, 0.5) is 5.82 Å². The number of hydrogen-bond donors (Lipinski definition) is 0. The molecule has 0 N–H and O–H groups in total. The van der Waals surface area contributed by atoms with Gasteiger partial charge >= 0.3 is 0 Å². The fourth-order valence-corrected chi connectivity index (χ4v) is 2.72. The lowest BCUT2D eigenvalue weighted by Gasteiger charge is -2.33. The molecule has 0 spiro atoms. The fraction of sp³-hybridized carbons (Fsp3) is 0.571. The fourth-order valence-electron chi connectivity index (χ4n) is 2.72. The Morgan fingerprint density at radius 1 is 1.30 bits per heavy atom. The Balaban J connectivity index is 1.67. The first-order chi connectivity index (χ1) is 9.70. The minimum Gasteiger partial charge on any atom is -0.355 e. The summed E-state index contributed by atoms with van der Waals surface area (Å²) in [5.41, 5.74) is 0.957. The van der Waals surface area contributed by atoms with Crippen LogP contribution in [0.3, 0.4) is 0 Å². The molecule has 3 heterocycles. The summed E-state index contributed by atoms with van der Waals surface area (Å²) in [6.07, 6.45) is 6.86. The molecule has 6 nitrogen and oxygen atoms in total. The summed E-state index contributed by atoms with van der Waals surface area (Å²) < 4.78 is 5.04. The van der Waals surface area contributed by atoms with E-state index in [9.17, 15) is 0 Å². The lowest BCUT2D eigenvalue weighted by molar-refractivity contribution is 0.369. The zero-order chi connectivity index (χ0) is 13.9. The van der Waals surface area contributed by atoms with E-state index < -0.39 is 0 Å². The van der Waals surface area contributed by atoms with Gasteiger partial charge in [0, 0.05) is 32.6 Å². The summed E-state index contributed by atoms with van der Waals surface area (Å²) in [5.74, 6) is 2.96. The van der Waals surface area contributed by atoms with Crippen molar-refractivity contribution in [2.24, 2.45) is 5.92 Å². The van der Waals surface area contributed by atoms with E-state index in [4.69, 9.17) is 4.52 Å². The lowest BCUT2D eigenvalue weighted by atomic mass is 9.94. The van der Waals surface area contributed by atoms with Gasteiger partial charge in [-0.1, -0.05) is 5.16 Å². The van der Waals surface area contributed by atoms with E-state index in [0.29, 0.717) is 11.8 Å². The van der Waals surface area contributed by atoms with Gasteiger partial charge in [-0.25, -0.2) is 4.98 Å². The van der Waals surface area contributed by atoms with Crippen molar-refractivity contribution in [3.8, 4) is 0 Å². The number of piperidine rings is 1. The number of anilines is 1. The molecule has 2 aromatic rings. The Hall–Kier alpha value is -1.98. The Kier molecular flexibility index (Phi) is 3.62. The highest BCUT2D eigenvalue weighted by Crippen LogP contribution is 2.23. The summed E-state index contributed by atoms with van der Waals surface area (Å²) in [6, 6.07) is 0. The summed E-state index contributed by atoms with van der Waals surface area (Å²) in [6.45, 7) is 5.82. The Labute approximate surface area is 118 Å². The molecule has 0 radical (unpaired) electrons. The maximum absolute atomic E-state index is 5.04. The van der Waals surface area contributed by atoms with Crippen LogP contribution in [-0.4, -0.2) is 33.2 Å². The predicted molar refractivity (Wildman–Crippen MR) is 74.4 cm³/mol. The zero-order valence-corrected chi connectivity index (χ0v) is 11.9. The Morgan fingerprint density at radius 3 is 2.95 bits per heavy atom. The molecule has 1 aliphatic heterocycles. The van der Waals surface area contributed by atoms with Crippen molar-refractivity contribution in [1.29, 1.82) is 0 Å². The maximum atomic E-state index is 5.04. The van der Waals surface area contributed by atoms with Crippen molar-refractivity contribution < 1.29 is 4.52 Å².